The van der Waals surface area contributed by atoms with Crippen LogP contribution in [-0.2, 0) is 13.6 Å². The highest BCUT2D eigenvalue weighted by Crippen LogP contribution is 2.13. The zero-order chi connectivity index (χ0) is 10.7. The van der Waals surface area contributed by atoms with Gasteiger partial charge in [0.15, 0.2) is 0 Å². The van der Waals surface area contributed by atoms with E-state index in [9.17, 15) is 0 Å². The van der Waals surface area contributed by atoms with Gasteiger partial charge < -0.3 is 5.32 Å². The zero-order valence-electron chi connectivity index (χ0n) is 8.31. The lowest BCUT2D eigenvalue weighted by Gasteiger charge is -2.04. The van der Waals surface area contributed by atoms with Crippen LogP contribution in [-0.4, -0.2) is 14.8 Å². The number of pyridine rings is 1. The third-order valence-corrected chi connectivity index (χ3v) is 2.36. The Labute approximate surface area is 92.9 Å². The van der Waals surface area contributed by atoms with Crippen LogP contribution < -0.4 is 5.32 Å². The third-order valence-electron chi connectivity index (χ3n) is 2.02. The van der Waals surface area contributed by atoms with Crippen molar-refractivity contribution in [2.45, 2.75) is 6.54 Å². The number of nitrogens with one attached hydrogen (secondary N) is 1. The lowest BCUT2D eigenvalue weighted by molar-refractivity contribution is 0.768. The first-order valence-electron chi connectivity index (χ1n) is 4.57. The second-order valence-corrected chi connectivity index (χ2v) is 3.57. The summed E-state index contributed by atoms with van der Waals surface area (Å²) >= 11 is 5.92. The van der Waals surface area contributed by atoms with Crippen molar-refractivity contribution in [3.05, 3.63) is 41.4 Å². The maximum Gasteiger partial charge on any atom is 0.133 e. The molecule has 5 heteroatoms. The van der Waals surface area contributed by atoms with E-state index in [1.807, 2.05) is 25.4 Å². The first-order chi connectivity index (χ1) is 7.25. The molecule has 0 unspecified atom stereocenters. The predicted octanol–water partition coefficient (Wildman–Crippen LogP) is 2.08. The summed E-state index contributed by atoms with van der Waals surface area (Å²) in [7, 11) is 1.88. The smallest absolute Gasteiger partial charge is 0.133 e. The van der Waals surface area contributed by atoms with Gasteiger partial charge in [0, 0.05) is 31.5 Å². The molecule has 2 aromatic rings. The Bertz CT molecular complexity index is 452. The van der Waals surface area contributed by atoms with Crippen molar-refractivity contribution in [3.8, 4) is 0 Å². The largest absolute Gasteiger partial charge is 0.378 e. The molecule has 2 aromatic heterocycles. The second-order valence-electron chi connectivity index (χ2n) is 3.21. The number of aromatic nitrogens is 3. The van der Waals surface area contributed by atoms with Gasteiger partial charge in [0.25, 0.3) is 0 Å². The molecule has 0 atom stereocenters. The molecule has 0 aromatic carbocycles. The van der Waals surface area contributed by atoms with Gasteiger partial charge in [-0.05, 0) is 6.07 Å². The maximum atomic E-state index is 5.92. The van der Waals surface area contributed by atoms with Crippen LogP contribution in [0.3, 0.4) is 0 Å². The minimum Gasteiger partial charge on any atom is -0.378 e. The molecule has 0 saturated heterocycles. The van der Waals surface area contributed by atoms with E-state index in [0.29, 0.717) is 11.7 Å². The topological polar surface area (TPSA) is 42.7 Å². The Balaban J connectivity index is 2.02. The number of aryl methyl sites for hydroxylation is 1. The number of anilines is 1. The second kappa shape index (κ2) is 4.31. The molecule has 0 saturated carbocycles. The van der Waals surface area contributed by atoms with Gasteiger partial charge in [-0.3, -0.25) is 4.68 Å². The van der Waals surface area contributed by atoms with Gasteiger partial charge in [-0.2, -0.15) is 5.10 Å². The minimum absolute atomic E-state index is 0.536. The average Bonchev–Trinajstić information content (AvgIpc) is 2.63. The highest BCUT2D eigenvalue weighted by molar-refractivity contribution is 6.30. The fourth-order valence-electron chi connectivity index (χ4n) is 1.26. The van der Waals surface area contributed by atoms with E-state index in [0.717, 1.165) is 11.3 Å². The number of nitrogens with zero attached hydrogens (tertiary/aromatic N) is 3. The minimum atomic E-state index is 0.536. The molecule has 0 bridgehead atoms. The Morgan fingerprint density at radius 2 is 2.40 bits per heavy atom. The SMILES string of the molecule is Cn1cc(NCc2cccnc2Cl)cn1. The first kappa shape index (κ1) is 9.98. The Morgan fingerprint density at radius 3 is 3.07 bits per heavy atom. The molecule has 4 nitrogen and oxygen atoms in total. The molecule has 78 valence electrons. The van der Waals surface area contributed by atoms with Crippen LogP contribution in [0.25, 0.3) is 0 Å². The van der Waals surface area contributed by atoms with Crippen molar-refractivity contribution < 1.29 is 0 Å². The van der Waals surface area contributed by atoms with E-state index in [2.05, 4.69) is 15.4 Å². The standard InChI is InChI=1S/C10H11ClN4/c1-15-7-9(6-14-15)13-5-8-3-2-4-12-10(8)11/h2-4,6-7,13H,5H2,1H3. The number of halogens is 1. The van der Waals surface area contributed by atoms with Crippen LogP contribution in [0.5, 0.6) is 0 Å². The van der Waals surface area contributed by atoms with Crippen molar-refractivity contribution in [3.63, 3.8) is 0 Å². The summed E-state index contributed by atoms with van der Waals surface area (Å²) in [5.41, 5.74) is 1.94. The quantitative estimate of drug-likeness (QED) is 0.809. The van der Waals surface area contributed by atoms with Crippen molar-refractivity contribution in [1.29, 1.82) is 0 Å². The molecule has 0 radical (unpaired) electrons. The maximum absolute atomic E-state index is 5.92. The normalized spacial score (nSPS) is 10.3. The first-order valence-corrected chi connectivity index (χ1v) is 4.95. The van der Waals surface area contributed by atoms with E-state index in [1.165, 1.54) is 0 Å². The zero-order valence-corrected chi connectivity index (χ0v) is 9.07. The monoisotopic (exact) mass is 222 g/mol. The Morgan fingerprint density at radius 1 is 1.53 bits per heavy atom. The van der Waals surface area contributed by atoms with Crippen LogP contribution in [0.2, 0.25) is 5.15 Å². The highest BCUT2D eigenvalue weighted by Gasteiger charge is 2.00. The number of rotatable bonds is 3. The molecule has 2 rings (SSSR count). The average molecular weight is 223 g/mol. The summed E-state index contributed by atoms with van der Waals surface area (Å²) in [5.74, 6) is 0. The summed E-state index contributed by atoms with van der Waals surface area (Å²) in [6, 6.07) is 3.81. The van der Waals surface area contributed by atoms with Gasteiger partial charge >= 0.3 is 0 Å². The third kappa shape index (κ3) is 2.47. The Hall–Kier alpha value is -1.55. The summed E-state index contributed by atoms with van der Waals surface area (Å²) in [4.78, 5) is 4.00. The van der Waals surface area contributed by atoms with Gasteiger partial charge in [-0.1, -0.05) is 17.7 Å². The number of hydrogen-bond donors (Lipinski definition) is 1. The fraction of sp³-hybridized carbons (Fsp3) is 0.200. The van der Waals surface area contributed by atoms with Crippen LogP contribution >= 0.6 is 11.6 Å². The van der Waals surface area contributed by atoms with E-state index in [-0.39, 0.29) is 0 Å². The summed E-state index contributed by atoms with van der Waals surface area (Å²) < 4.78 is 1.74. The summed E-state index contributed by atoms with van der Waals surface area (Å²) in [6.07, 6.45) is 5.35. The lowest BCUT2D eigenvalue weighted by atomic mass is 10.3. The van der Waals surface area contributed by atoms with Gasteiger partial charge in [0.2, 0.25) is 0 Å². The van der Waals surface area contributed by atoms with E-state index < -0.39 is 0 Å². The molecule has 0 aliphatic rings. The fourth-order valence-corrected chi connectivity index (χ4v) is 1.45. The van der Waals surface area contributed by atoms with Gasteiger partial charge in [0.05, 0.1) is 11.9 Å². The Kier molecular flexibility index (Phi) is 2.87. The van der Waals surface area contributed by atoms with Crippen LogP contribution in [0, 0.1) is 0 Å². The predicted molar refractivity (Wildman–Crippen MR) is 59.8 cm³/mol. The van der Waals surface area contributed by atoms with Crippen molar-refractivity contribution in [1.82, 2.24) is 14.8 Å². The molecule has 0 aliphatic carbocycles. The molecule has 0 amide bonds. The molecule has 0 fully saturated rings. The molecular formula is C10H11ClN4. The van der Waals surface area contributed by atoms with E-state index in [1.54, 1.807) is 17.1 Å². The molecule has 0 aliphatic heterocycles. The van der Waals surface area contributed by atoms with Crippen LogP contribution in [0.15, 0.2) is 30.7 Å². The van der Waals surface area contributed by atoms with Gasteiger partial charge in [-0.15, -0.1) is 0 Å². The van der Waals surface area contributed by atoms with Crippen LogP contribution in [0.4, 0.5) is 5.69 Å². The molecular weight excluding hydrogens is 212 g/mol. The molecule has 0 spiro atoms. The molecule has 2 heterocycles. The molecule has 1 N–H and O–H groups in total. The van der Waals surface area contributed by atoms with E-state index >= 15 is 0 Å². The summed E-state index contributed by atoms with van der Waals surface area (Å²) in [6.45, 7) is 0.651. The van der Waals surface area contributed by atoms with Crippen molar-refractivity contribution in [2.24, 2.45) is 7.05 Å². The van der Waals surface area contributed by atoms with Crippen molar-refractivity contribution >= 4 is 17.3 Å². The van der Waals surface area contributed by atoms with Crippen molar-refractivity contribution in [2.75, 3.05) is 5.32 Å². The number of hydrogen-bond acceptors (Lipinski definition) is 3. The summed E-state index contributed by atoms with van der Waals surface area (Å²) in [5, 5.41) is 7.81. The molecule has 15 heavy (non-hydrogen) atoms. The van der Waals surface area contributed by atoms with Crippen LogP contribution in [0.1, 0.15) is 5.56 Å². The highest BCUT2D eigenvalue weighted by atomic mass is 35.5. The van der Waals surface area contributed by atoms with Gasteiger partial charge in [-0.25, -0.2) is 4.98 Å². The lowest BCUT2D eigenvalue weighted by Crippen LogP contribution is -1.99. The van der Waals surface area contributed by atoms with Gasteiger partial charge in [0.1, 0.15) is 5.15 Å². The van der Waals surface area contributed by atoms with E-state index in [4.69, 9.17) is 11.6 Å².